The molecule has 1 amide bonds. The molecular formula is C13H19F2N3O3. The maximum absolute atomic E-state index is 13.2. The fraction of sp³-hybridized carbons (Fsp3) is 0.769. The number of aliphatic hydroxyl groups is 1. The number of carbonyl (C=O) groups is 1. The number of hydrogen-bond acceptors (Lipinski definition) is 5. The number of amides is 1. The summed E-state index contributed by atoms with van der Waals surface area (Å²) in [6.07, 6.45) is 0.00610. The van der Waals surface area contributed by atoms with Crippen molar-refractivity contribution in [2.75, 3.05) is 7.05 Å². The van der Waals surface area contributed by atoms with Crippen LogP contribution in [0.5, 0.6) is 0 Å². The molecule has 0 bridgehead atoms. The summed E-state index contributed by atoms with van der Waals surface area (Å²) in [6.45, 7) is 2.93. The quantitative estimate of drug-likeness (QED) is 0.923. The zero-order chi connectivity index (χ0) is 15.8. The Morgan fingerprint density at radius 3 is 2.48 bits per heavy atom. The fourth-order valence-corrected chi connectivity index (χ4v) is 2.48. The number of rotatable bonds is 3. The van der Waals surface area contributed by atoms with E-state index in [2.05, 4.69) is 14.9 Å². The monoisotopic (exact) mass is 303 g/mol. The average molecular weight is 303 g/mol. The van der Waals surface area contributed by atoms with E-state index in [1.807, 2.05) is 0 Å². The lowest BCUT2D eigenvalue weighted by molar-refractivity contribution is -0.0491. The predicted molar refractivity (Wildman–Crippen MR) is 68.8 cm³/mol. The van der Waals surface area contributed by atoms with Crippen LogP contribution in [0.3, 0.4) is 0 Å². The third-order valence-corrected chi connectivity index (χ3v) is 3.83. The van der Waals surface area contributed by atoms with E-state index in [1.54, 1.807) is 7.05 Å². The standard InChI is InChI=1S/C13H19F2N3O3/c1-12(2,20)10-9(16-21-17-10)11(19)18(3)8-4-6-13(14,15)7-5-8/h8,20H,4-7H2,1-3H3. The number of hydrogen-bond donors (Lipinski definition) is 1. The van der Waals surface area contributed by atoms with Gasteiger partial charge in [-0.1, -0.05) is 5.16 Å². The molecule has 1 heterocycles. The van der Waals surface area contributed by atoms with E-state index in [9.17, 15) is 18.7 Å². The Kier molecular flexibility index (Phi) is 4.01. The first kappa shape index (κ1) is 15.8. The summed E-state index contributed by atoms with van der Waals surface area (Å²) in [5, 5.41) is 17.0. The average Bonchev–Trinajstić information content (AvgIpc) is 2.86. The van der Waals surface area contributed by atoms with Gasteiger partial charge in [0.1, 0.15) is 11.3 Å². The second-order valence-electron chi connectivity index (χ2n) is 6.02. The van der Waals surface area contributed by atoms with E-state index < -0.39 is 17.4 Å². The lowest BCUT2D eigenvalue weighted by Gasteiger charge is -2.34. The molecule has 118 valence electrons. The second kappa shape index (κ2) is 5.32. The van der Waals surface area contributed by atoms with Crippen molar-refractivity contribution in [2.45, 2.75) is 57.1 Å². The molecule has 1 aliphatic rings. The Hall–Kier alpha value is -1.57. The van der Waals surface area contributed by atoms with Crippen molar-refractivity contribution in [3.63, 3.8) is 0 Å². The smallest absolute Gasteiger partial charge is 0.278 e. The van der Waals surface area contributed by atoms with Crippen LogP contribution in [-0.2, 0) is 5.60 Å². The van der Waals surface area contributed by atoms with Gasteiger partial charge in [-0.05, 0) is 31.8 Å². The molecule has 0 unspecified atom stereocenters. The second-order valence-corrected chi connectivity index (χ2v) is 6.02. The van der Waals surface area contributed by atoms with Crippen molar-refractivity contribution in [3.05, 3.63) is 11.4 Å². The van der Waals surface area contributed by atoms with E-state index in [-0.39, 0.29) is 43.1 Å². The third kappa shape index (κ3) is 3.37. The van der Waals surface area contributed by atoms with Crippen LogP contribution in [0.25, 0.3) is 0 Å². The van der Waals surface area contributed by atoms with Gasteiger partial charge in [0, 0.05) is 25.9 Å². The number of nitrogens with zero attached hydrogens (tertiary/aromatic N) is 3. The topological polar surface area (TPSA) is 79.5 Å². The largest absolute Gasteiger partial charge is 0.384 e. The molecule has 1 fully saturated rings. The molecule has 0 radical (unpaired) electrons. The molecule has 1 aromatic heterocycles. The van der Waals surface area contributed by atoms with E-state index in [0.717, 1.165) is 0 Å². The molecule has 0 aliphatic heterocycles. The van der Waals surface area contributed by atoms with Gasteiger partial charge in [-0.15, -0.1) is 0 Å². The summed E-state index contributed by atoms with van der Waals surface area (Å²) in [7, 11) is 1.54. The van der Waals surface area contributed by atoms with Gasteiger partial charge in [0.15, 0.2) is 5.69 Å². The molecule has 0 atom stereocenters. The molecule has 0 saturated heterocycles. The number of carbonyl (C=O) groups excluding carboxylic acids is 1. The van der Waals surface area contributed by atoms with E-state index in [1.165, 1.54) is 18.7 Å². The van der Waals surface area contributed by atoms with Crippen LogP contribution in [0.2, 0.25) is 0 Å². The molecule has 0 spiro atoms. The van der Waals surface area contributed by atoms with Crippen molar-refractivity contribution in [1.29, 1.82) is 0 Å². The molecule has 1 aliphatic carbocycles. The minimum atomic E-state index is -2.64. The van der Waals surface area contributed by atoms with Gasteiger partial charge >= 0.3 is 0 Å². The maximum atomic E-state index is 13.2. The zero-order valence-electron chi connectivity index (χ0n) is 12.3. The number of halogens is 2. The minimum absolute atomic E-state index is 0.0421. The highest BCUT2D eigenvalue weighted by Gasteiger charge is 2.39. The Morgan fingerprint density at radius 2 is 1.95 bits per heavy atom. The highest BCUT2D eigenvalue weighted by molar-refractivity contribution is 5.93. The summed E-state index contributed by atoms with van der Waals surface area (Å²) < 4.78 is 30.9. The molecule has 1 N–H and O–H groups in total. The molecular weight excluding hydrogens is 284 g/mol. The van der Waals surface area contributed by atoms with E-state index in [0.29, 0.717) is 0 Å². The predicted octanol–water partition coefficient (Wildman–Crippen LogP) is 1.95. The molecule has 0 aromatic carbocycles. The van der Waals surface area contributed by atoms with Gasteiger partial charge in [0.25, 0.3) is 5.91 Å². The van der Waals surface area contributed by atoms with Gasteiger partial charge in [-0.2, -0.15) is 0 Å². The summed E-state index contributed by atoms with van der Waals surface area (Å²) in [5.74, 6) is -3.13. The Bertz CT molecular complexity index is 515. The van der Waals surface area contributed by atoms with Crippen LogP contribution in [0, 0.1) is 0 Å². The molecule has 21 heavy (non-hydrogen) atoms. The highest BCUT2D eigenvalue weighted by atomic mass is 19.3. The first-order chi connectivity index (χ1) is 9.62. The Morgan fingerprint density at radius 1 is 1.38 bits per heavy atom. The van der Waals surface area contributed by atoms with Crippen molar-refractivity contribution >= 4 is 5.91 Å². The fourth-order valence-electron chi connectivity index (χ4n) is 2.48. The summed E-state index contributed by atoms with van der Waals surface area (Å²) in [5.41, 5.74) is -1.41. The maximum Gasteiger partial charge on any atom is 0.278 e. The normalized spacial score (nSPS) is 19.5. The Balaban J connectivity index is 2.12. The van der Waals surface area contributed by atoms with Crippen molar-refractivity contribution in [3.8, 4) is 0 Å². The highest BCUT2D eigenvalue weighted by Crippen LogP contribution is 2.35. The van der Waals surface area contributed by atoms with E-state index >= 15 is 0 Å². The van der Waals surface area contributed by atoms with Gasteiger partial charge in [0.05, 0.1) is 0 Å². The van der Waals surface area contributed by atoms with Crippen LogP contribution in [0.15, 0.2) is 4.63 Å². The van der Waals surface area contributed by atoms with Crippen LogP contribution in [0.1, 0.15) is 55.7 Å². The SMILES string of the molecule is CN(C(=O)c1nonc1C(C)(C)O)C1CCC(F)(F)CC1. The van der Waals surface area contributed by atoms with Gasteiger partial charge < -0.3 is 10.0 Å². The number of alkyl halides is 2. The van der Waals surface area contributed by atoms with E-state index in [4.69, 9.17) is 0 Å². The summed E-state index contributed by atoms with van der Waals surface area (Å²) >= 11 is 0. The first-order valence-corrected chi connectivity index (χ1v) is 6.82. The lowest BCUT2D eigenvalue weighted by atomic mass is 9.91. The Labute approximate surface area is 121 Å². The van der Waals surface area contributed by atoms with Gasteiger partial charge in [0.2, 0.25) is 5.92 Å². The third-order valence-electron chi connectivity index (χ3n) is 3.83. The molecule has 2 rings (SSSR count). The van der Waals surface area contributed by atoms with Crippen molar-refractivity contribution in [1.82, 2.24) is 15.2 Å². The summed E-state index contributed by atoms with van der Waals surface area (Å²) in [4.78, 5) is 13.8. The molecule has 6 nitrogen and oxygen atoms in total. The van der Waals surface area contributed by atoms with Crippen LogP contribution in [0.4, 0.5) is 8.78 Å². The first-order valence-electron chi connectivity index (χ1n) is 6.82. The zero-order valence-corrected chi connectivity index (χ0v) is 12.3. The lowest BCUT2D eigenvalue weighted by Crippen LogP contribution is -2.42. The molecule has 1 saturated carbocycles. The molecule has 8 heteroatoms. The summed E-state index contributed by atoms with van der Waals surface area (Å²) in [6, 6.07) is -0.275. The van der Waals surface area contributed by atoms with Gasteiger partial charge in [-0.3, -0.25) is 4.79 Å². The number of aromatic nitrogens is 2. The van der Waals surface area contributed by atoms with Crippen LogP contribution >= 0.6 is 0 Å². The minimum Gasteiger partial charge on any atom is -0.384 e. The van der Waals surface area contributed by atoms with Crippen molar-refractivity contribution < 1.29 is 23.3 Å². The van der Waals surface area contributed by atoms with Crippen LogP contribution in [-0.4, -0.2) is 45.2 Å². The van der Waals surface area contributed by atoms with Crippen LogP contribution < -0.4 is 0 Å². The van der Waals surface area contributed by atoms with Crippen molar-refractivity contribution in [2.24, 2.45) is 0 Å². The van der Waals surface area contributed by atoms with Gasteiger partial charge in [-0.25, -0.2) is 13.4 Å². The molecule has 1 aromatic rings.